The molecule has 5 nitrogen and oxygen atoms in total. The average molecular weight is 449 g/mol. The summed E-state index contributed by atoms with van der Waals surface area (Å²) in [6.45, 7) is 20.5. The maximum Gasteiger partial charge on any atom is 0.501 e. The molecule has 0 aliphatic carbocycles. The zero-order valence-corrected chi connectivity index (χ0v) is 22.7. The van der Waals surface area contributed by atoms with Crippen LogP contribution in [0.25, 0.3) is 0 Å². The number of carbonyl (C=O) groups is 1. The summed E-state index contributed by atoms with van der Waals surface area (Å²) in [5.41, 5.74) is 0. The van der Waals surface area contributed by atoms with Crippen molar-refractivity contribution >= 4 is 23.1 Å². The predicted molar refractivity (Wildman–Crippen MR) is 126 cm³/mol. The minimum absolute atomic E-state index is 0.0149. The summed E-state index contributed by atoms with van der Waals surface area (Å²) in [6.07, 6.45) is 4.48. The number of unbranched alkanes of at least 4 members (excludes halogenated alkanes) is 2. The van der Waals surface area contributed by atoms with Crippen molar-refractivity contribution in [2.75, 3.05) is 19.8 Å². The highest BCUT2D eigenvalue weighted by Gasteiger charge is 2.50. The Morgan fingerprint density at radius 2 is 1.24 bits per heavy atom. The SMILES string of the molecule is CCCC[Si](CCCC)(OC(=O)C(C)C[Si](OCC)(OCC)OCC)C(C)(C)C. The van der Waals surface area contributed by atoms with Gasteiger partial charge in [0.05, 0.1) is 5.92 Å². The van der Waals surface area contributed by atoms with Gasteiger partial charge in [-0.15, -0.1) is 0 Å². The number of carbonyl (C=O) groups excluding carboxylic acids is 1. The zero-order valence-electron chi connectivity index (χ0n) is 20.7. The molecule has 0 saturated heterocycles. The van der Waals surface area contributed by atoms with Crippen molar-refractivity contribution in [3.63, 3.8) is 0 Å². The number of hydrogen-bond donors (Lipinski definition) is 0. The third-order valence-electron chi connectivity index (χ3n) is 5.58. The molecular formula is C22H48O5Si2. The van der Waals surface area contributed by atoms with Crippen LogP contribution in [0.15, 0.2) is 0 Å². The van der Waals surface area contributed by atoms with Gasteiger partial charge in [0.1, 0.15) is 0 Å². The van der Waals surface area contributed by atoms with Crippen LogP contribution in [0.3, 0.4) is 0 Å². The molecule has 29 heavy (non-hydrogen) atoms. The molecule has 0 N–H and O–H groups in total. The summed E-state index contributed by atoms with van der Waals surface area (Å²) < 4.78 is 24.4. The van der Waals surface area contributed by atoms with Gasteiger partial charge in [0.2, 0.25) is 0 Å². The summed E-state index contributed by atoms with van der Waals surface area (Å²) in [4.78, 5) is 13.3. The second kappa shape index (κ2) is 14.0. The summed E-state index contributed by atoms with van der Waals surface area (Å²) in [5.74, 6) is -0.404. The minimum atomic E-state index is -2.88. The maximum absolute atomic E-state index is 13.3. The van der Waals surface area contributed by atoms with Crippen LogP contribution in [-0.4, -0.2) is 42.9 Å². The molecule has 0 fully saturated rings. The molecule has 1 unspecified atom stereocenters. The largest absolute Gasteiger partial charge is 0.518 e. The van der Waals surface area contributed by atoms with Gasteiger partial charge in [0.25, 0.3) is 14.3 Å². The number of hydrogen-bond acceptors (Lipinski definition) is 5. The van der Waals surface area contributed by atoms with E-state index >= 15 is 0 Å². The van der Waals surface area contributed by atoms with E-state index in [0.717, 1.165) is 37.8 Å². The smallest absolute Gasteiger partial charge is 0.501 e. The van der Waals surface area contributed by atoms with Crippen molar-refractivity contribution in [2.24, 2.45) is 5.92 Å². The Kier molecular flexibility index (Phi) is 13.9. The van der Waals surface area contributed by atoms with Crippen LogP contribution in [0.1, 0.15) is 88.0 Å². The average Bonchev–Trinajstić information content (AvgIpc) is 2.63. The molecule has 0 aliphatic rings. The lowest BCUT2D eigenvalue weighted by Gasteiger charge is -2.42. The lowest BCUT2D eigenvalue weighted by Crippen LogP contribution is -2.51. The van der Waals surface area contributed by atoms with Crippen molar-refractivity contribution in [2.45, 2.75) is 111 Å². The Morgan fingerprint density at radius 3 is 1.55 bits per heavy atom. The third-order valence-corrected chi connectivity index (χ3v) is 14.5. The van der Waals surface area contributed by atoms with Crippen molar-refractivity contribution in [1.29, 1.82) is 0 Å². The van der Waals surface area contributed by atoms with Crippen LogP contribution in [0.5, 0.6) is 0 Å². The predicted octanol–water partition coefficient (Wildman–Crippen LogP) is 6.56. The van der Waals surface area contributed by atoms with E-state index in [0.29, 0.717) is 25.9 Å². The van der Waals surface area contributed by atoms with E-state index < -0.39 is 17.1 Å². The van der Waals surface area contributed by atoms with Crippen molar-refractivity contribution in [3.05, 3.63) is 0 Å². The Balaban J connectivity index is 5.58. The fourth-order valence-electron chi connectivity index (χ4n) is 3.77. The molecule has 0 radical (unpaired) electrons. The molecule has 0 aromatic carbocycles. The maximum atomic E-state index is 13.3. The normalized spacial score (nSPS) is 14.1. The third kappa shape index (κ3) is 9.21. The highest BCUT2D eigenvalue weighted by atomic mass is 28.4. The second-order valence-corrected chi connectivity index (χ2v) is 16.3. The second-order valence-electron chi connectivity index (χ2n) is 8.96. The number of rotatable bonds is 16. The highest BCUT2D eigenvalue weighted by Crippen LogP contribution is 2.45. The molecule has 0 rings (SSSR count). The summed E-state index contributed by atoms with van der Waals surface area (Å²) in [5, 5.41) is 0.0149. The molecule has 174 valence electrons. The van der Waals surface area contributed by atoms with Crippen molar-refractivity contribution < 1.29 is 22.5 Å². The molecule has 0 bridgehead atoms. The Labute approximate surface area is 182 Å². The standard InChI is InChI=1S/C22H48O5Si2/c1-10-15-17-28(18-16-11-2,22(7,8)9)27-21(23)20(6)19-29(24-12-3,25-13-4)26-14-5/h20H,10-19H2,1-9H3. The van der Waals surface area contributed by atoms with Crippen LogP contribution >= 0.6 is 0 Å². The van der Waals surface area contributed by atoms with Crippen molar-refractivity contribution in [3.8, 4) is 0 Å². The van der Waals surface area contributed by atoms with Gasteiger partial charge in [-0.25, -0.2) is 0 Å². The first-order chi connectivity index (χ1) is 13.6. The highest BCUT2D eigenvalue weighted by molar-refractivity contribution is 6.78. The van der Waals surface area contributed by atoms with Crippen LogP contribution in [0, 0.1) is 5.92 Å². The molecule has 0 aliphatic heterocycles. The van der Waals surface area contributed by atoms with Gasteiger partial charge < -0.3 is 17.7 Å². The van der Waals surface area contributed by atoms with Crippen LogP contribution < -0.4 is 0 Å². The van der Waals surface area contributed by atoms with Gasteiger partial charge in [0, 0.05) is 25.9 Å². The first-order valence-electron chi connectivity index (χ1n) is 11.7. The van der Waals surface area contributed by atoms with E-state index in [-0.39, 0.29) is 16.9 Å². The topological polar surface area (TPSA) is 54.0 Å². The van der Waals surface area contributed by atoms with Crippen LogP contribution in [-0.2, 0) is 22.5 Å². The van der Waals surface area contributed by atoms with Crippen LogP contribution in [0.4, 0.5) is 0 Å². The lowest BCUT2D eigenvalue weighted by molar-refractivity contribution is -0.139. The first kappa shape index (κ1) is 28.8. The Bertz CT molecular complexity index is 426. The first-order valence-corrected chi connectivity index (χ1v) is 16.0. The van der Waals surface area contributed by atoms with E-state index in [2.05, 4.69) is 34.6 Å². The fraction of sp³-hybridized carbons (Fsp3) is 0.955. The van der Waals surface area contributed by atoms with Gasteiger partial charge in [0.15, 0.2) is 0 Å². The quantitative estimate of drug-likeness (QED) is 0.250. The molecule has 0 heterocycles. The fourth-order valence-corrected chi connectivity index (χ4v) is 11.3. The van der Waals surface area contributed by atoms with E-state index in [9.17, 15) is 4.79 Å². The van der Waals surface area contributed by atoms with Gasteiger partial charge >= 0.3 is 8.80 Å². The van der Waals surface area contributed by atoms with E-state index in [1.54, 1.807) is 0 Å². The summed E-state index contributed by atoms with van der Waals surface area (Å²) in [7, 11) is -5.13. The van der Waals surface area contributed by atoms with Gasteiger partial charge in [-0.1, -0.05) is 67.2 Å². The summed E-state index contributed by atoms with van der Waals surface area (Å²) in [6, 6.07) is 2.55. The van der Waals surface area contributed by atoms with Crippen LogP contribution in [0.2, 0.25) is 23.2 Å². The molecule has 0 amide bonds. The van der Waals surface area contributed by atoms with Crippen molar-refractivity contribution in [1.82, 2.24) is 0 Å². The van der Waals surface area contributed by atoms with E-state index in [4.69, 9.17) is 17.7 Å². The zero-order chi connectivity index (χ0) is 22.6. The van der Waals surface area contributed by atoms with E-state index in [1.807, 2.05) is 27.7 Å². The lowest BCUT2D eigenvalue weighted by atomic mass is 10.2. The molecule has 0 spiro atoms. The van der Waals surface area contributed by atoms with Gasteiger partial charge in [-0.3, -0.25) is 4.79 Å². The molecule has 7 heteroatoms. The minimum Gasteiger partial charge on any atom is -0.518 e. The monoisotopic (exact) mass is 448 g/mol. The van der Waals surface area contributed by atoms with Gasteiger partial charge in [-0.2, -0.15) is 0 Å². The molecule has 0 aromatic heterocycles. The molecule has 0 aromatic rings. The molecular weight excluding hydrogens is 400 g/mol. The van der Waals surface area contributed by atoms with E-state index in [1.165, 1.54) is 0 Å². The molecule has 0 saturated carbocycles. The Hall–Kier alpha value is -0.216. The van der Waals surface area contributed by atoms with Gasteiger partial charge in [-0.05, 0) is 37.9 Å². The summed E-state index contributed by atoms with van der Waals surface area (Å²) >= 11 is 0. The Morgan fingerprint density at radius 1 is 0.828 bits per heavy atom. The molecule has 1 atom stereocenters.